The van der Waals surface area contributed by atoms with Crippen molar-refractivity contribution in [2.24, 2.45) is 0 Å². The first kappa shape index (κ1) is 26.5. The average molecular weight is 267 g/mol. The second-order valence-corrected chi connectivity index (χ2v) is 3.83. The molecule has 0 aliphatic rings. The van der Waals surface area contributed by atoms with E-state index in [1.165, 1.54) is 12.8 Å². The van der Waals surface area contributed by atoms with Crippen LogP contribution in [-0.2, 0) is 0 Å². The van der Waals surface area contributed by atoms with Crippen LogP contribution < -0.4 is 0 Å². The Morgan fingerprint density at radius 1 is 0.684 bits per heavy atom. The van der Waals surface area contributed by atoms with Gasteiger partial charge in [0.1, 0.15) is 0 Å². The van der Waals surface area contributed by atoms with E-state index in [1.54, 1.807) is 0 Å². The Bertz CT molecular complexity index is 153. The van der Waals surface area contributed by atoms with Crippen LogP contribution in [0.3, 0.4) is 0 Å². The molecule has 0 unspecified atom stereocenters. The fraction of sp³-hybridized carbons (Fsp3) is 0.579. The van der Waals surface area contributed by atoms with Crippen LogP contribution in [0.1, 0.15) is 73.1 Å². The molecule has 0 aliphatic carbocycles. The number of hydrogen-bond donors (Lipinski definition) is 0. The molecule has 114 valence electrons. The third-order valence-corrected chi connectivity index (χ3v) is 1.75. The number of hydrogen-bond acceptors (Lipinski definition) is 0. The molecule has 0 nitrogen and oxygen atoms in total. The Kier molecular flexibility index (Phi) is 60.8. The molecular weight excluding hydrogens is 228 g/mol. The summed E-state index contributed by atoms with van der Waals surface area (Å²) in [5.41, 5.74) is 0. The standard InChI is InChI=1S/3C5H10.C4H8/c3*1-3-5-4-2;1-3-4-2/h3,5H,4H2,1-2H3;2*3H,1,4-5H2,2H3;3H,1,4H2,2H3/b5-3+;;;. The third-order valence-electron chi connectivity index (χ3n) is 1.75. The van der Waals surface area contributed by atoms with Gasteiger partial charge < -0.3 is 0 Å². The summed E-state index contributed by atoms with van der Waals surface area (Å²) in [7, 11) is 0. The van der Waals surface area contributed by atoms with Gasteiger partial charge >= 0.3 is 0 Å². The van der Waals surface area contributed by atoms with E-state index in [0.717, 1.165) is 25.7 Å². The van der Waals surface area contributed by atoms with Crippen LogP contribution in [0, 0.1) is 0 Å². The van der Waals surface area contributed by atoms with E-state index in [9.17, 15) is 0 Å². The van der Waals surface area contributed by atoms with Gasteiger partial charge in [-0.2, -0.15) is 0 Å². The summed E-state index contributed by atoms with van der Waals surface area (Å²) >= 11 is 0. The number of rotatable bonds is 6. The SMILES string of the molecule is C/C=C/CC.C=CCC.C=CCCC.C=CCCC. The first-order valence-electron chi connectivity index (χ1n) is 7.60. The molecule has 0 amide bonds. The lowest BCUT2D eigenvalue weighted by Crippen LogP contribution is -1.52. The molecule has 0 rings (SSSR count). The first-order chi connectivity index (χ1) is 9.16. The first-order valence-corrected chi connectivity index (χ1v) is 7.60. The zero-order valence-corrected chi connectivity index (χ0v) is 14.3. The van der Waals surface area contributed by atoms with Crippen LogP contribution in [0.2, 0.25) is 0 Å². The van der Waals surface area contributed by atoms with E-state index in [-0.39, 0.29) is 0 Å². The fourth-order valence-corrected chi connectivity index (χ4v) is 0.644. The van der Waals surface area contributed by atoms with Gasteiger partial charge in [-0.15, -0.1) is 19.7 Å². The maximum absolute atomic E-state index is 3.55. The fourth-order valence-electron chi connectivity index (χ4n) is 0.644. The van der Waals surface area contributed by atoms with Crippen LogP contribution in [0.25, 0.3) is 0 Å². The topological polar surface area (TPSA) is 0 Å². The number of unbranched alkanes of at least 4 members (excludes halogenated alkanes) is 2. The Hall–Kier alpha value is -1.04. The van der Waals surface area contributed by atoms with Gasteiger partial charge in [0.25, 0.3) is 0 Å². The Balaban J connectivity index is -0.0000000793. The largest absolute Gasteiger partial charge is 0.103 e. The highest BCUT2D eigenvalue weighted by Gasteiger charge is 1.62. The van der Waals surface area contributed by atoms with E-state index in [0.29, 0.717) is 0 Å². The van der Waals surface area contributed by atoms with Crippen molar-refractivity contribution < 1.29 is 0 Å². The van der Waals surface area contributed by atoms with Crippen molar-refractivity contribution in [2.75, 3.05) is 0 Å². The average Bonchev–Trinajstić information content (AvgIpc) is 2.43. The summed E-state index contributed by atoms with van der Waals surface area (Å²) in [5.74, 6) is 0. The van der Waals surface area contributed by atoms with Gasteiger partial charge in [0.15, 0.2) is 0 Å². The third kappa shape index (κ3) is 107. The molecule has 0 atom stereocenters. The van der Waals surface area contributed by atoms with Gasteiger partial charge in [0, 0.05) is 0 Å². The molecule has 0 spiro atoms. The van der Waals surface area contributed by atoms with Crippen LogP contribution in [0.15, 0.2) is 50.1 Å². The molecule has 0 aliphatic heterocycles. The lowest BCUT2D eigenvalue weighted by atomic mass is 10.3. The zero-order valence-electron chi connectivity index (χ0n) is 14.3. The maximum atomic E-state index is 3.55. The van der Waals surface area contributed by atoms with Crippen molar-refractivity contribution in [2.45, 2.75) is 73.1 Å². The Morgan fingerprint density at radius 2 is 1.05 bits per heavy atom. The predicted octanol–water partition coefficient (Wildman–Crippen LogP) is 7.50. The van der Waals surface area contributed by atoms with Crippen molar-refractivity contribution in [3.05, 3.63) is 50.1 Å². The molecule has 0 N–H and O–H groups in total. The molecule has 0 bridgehead atoms. The van der Waals surface area contributed by atoms with E-state index in [2.05, 4.69) is 59.6 Å². The highest BCUT2D eigenvalue weighted by Crippen LogP contribution is 1.82. The van der Waals surface area contributed by atoms with Gasteiger partial charge in [-0.25, -0.2) is 0 Å². The molecule has 0 aromatic heterocycles. The summed E-state index contributed by atoms with van der Waals surface area (Å²) in [6, 6.07) is 0. The number of allylic oxidation sites excluding steroid dienone is 5. The van der Waals surface area contributed by atoms with Crippen molar-refractivity contribution >= 4 is 0 Å². The lowest BCUT2D eigenvalue weighted by Gasteiger charge is -1.72. The molecule has 0 aromatic carbocycles. The summed E-state index contributed by atoms with van der Waals surface area (Å²) in [6.45, 7) is 21.1. The van der Waals surface area contributed by atoms with Crippen molar-refractivity contribution in [3.8, 4) is 0 Å². The lowest BCUT2D eigenvalue weighted by molar-refractivity contribution is 0.961. The van der Waals surface area contributed by atoms with Crippen LogP contribution >= 0.6 is 0 Å². The van der Waals surface area contributed by atoms with Crippen LogP contribution in [0.4, 0.5) is 0 Å². The quantitative estimate of drug-likeness (QED) is 0.436. The van der Waals surface area contributed by atoms with Crippen LogP contribution in [0.5, 0.6) is 0 Å². The molecule has 0 heteroatoms. The highest BCUT2D eigenvalue weighted by molar-refractivity contribution is 4.73. The molecule has 0 saturated carbocycles. The van der Waals surface area contributed by atoms with Crippen molar-refractivity contribution in [1.29, 1.82) is 0 Å². The van der Waals surface area contributed by atoms with E-state index >= 15 is 0 Å². The van der Waals surface area contributed by atoms with Crippen LogP contribution in [-0.4, -0.2) is 0 Å². The monoisotopic (exact) mass is 266 g/mol. The minimum Gasteiger partial charge on any atom is -0.103 e. The molecule has 0 fully saturated rings. The summed E-state index contributed by atoms with van der Waals surface area (Å²) in [4.78, 5) is 0. The normalized spacial score (nSPS) is 7.84. The van der Waals surface area contributed by atoms with Gasteiger partial charge in [-0.05, 0) is 32.6 Å². The minimum absolute atomic E-state index is 1.08. The molecule has 0 aromatic rings. The molecular formula is C19H38. The van der Waals surface area contributed by atoms with E-state index < -0.39 is 0 Å². The van der Waals surface area contributed by atoms with Crippen molar-refractivity contribution in [3.63, 3.8) is 0 Å². The van der Waals surface area contributed by atoms with Gasteiger partial charge in [0.2, 0.25) is 0 Å². The second kappa shape index (κ2) is 43.5. The molecule has 0 heterocycles. The van der Waals surface area contributed by atoms with Gasteiger partial charge in [0.05, 0.1) is 0 Å². The summed E-state index contributed by atoms with van der Waals surface area (Å²) < 4.78 is 0. The minimum atomic E-state index is 1.08. The predicted molar refractivity (Wildman–Crippen MR) is 95.8 cm³/mol. The second-order valence-electron chi connectivity index (χ2n) is 3.83. The molecule has 0 saturated heterocycles. The maximum Gasteiger partial charge on any atom is -0.0356 e. The Morgan fingerprint density at radius 3 is 1.05 bits per heavy atom. The summed E-state index contributed by atoms with van der Waals surface area (Å²) in [5, 5.41) is 0. The van der Waals surface area contributed by atoms with Gasteiger partial charge in [-0.1, -0.05) is 70.9 Å². The molecule has 0 radical (unpaired) electrons. The zero-order chi connectivity index (χ0) is 15.8. The summed E-state index contributed by atoms with van der Waals surface area (Å²) in [6.07, 6.45) is 16.9. The molecule has 19 heavy (non-hydrogen) atoms. The smallest absolute Gasteiger partial charge is 0.0356 e. The van der Waals surface area contributed by atoms with Crippen molar-refractivity contribution in [1.82, 2.24) is 0 Å². The Labute approximate surface area is 124 Å². The van der Waals surface area contributed by atoms with Gasteiger partial charge in [-0.3, -0.25) is 0 Å². The van der Waals surface area contributed by atoms with E-state index in [1.807, 2.05) is 25.2 Å². The highest BCUT2D eigenvalue weighted by atomic mass is 13.7. The van der Waals surface area contributed by atoms with E-state index in [4.69, 9.17) is 0 Å².